The number of aromatic nitrogens is 4. The molecule has 1 N–H and O–H groups in total. The summed E-state index contributed by atoms with van der Waals surface area (Å²) in [7, 11) is 0. The summed E-state index contributed by atoms with van der Waals surface area (Å²) < 4.78 is 2.64. The zero-order valence-electron chi connectivity index (χ0n) is 11.1. The van der Waals surface area contributed by atoms with Gasteiger partial charge in [-0.05, 0) is 18.2 Å². The van der Waals surface area contributed by atoms with E-state index < -0.39 is 0 Å². The molecule has 0 unspecified atom stereocenters. The molecule has 0 saturated heterocycles. The molecule has 2 heterocycles. The molecular formula is C15H9BrN4OS. The van der Waals surface area contributed by atoms with Crippen LogP contribution in [-0.2, 0) is 0 Å². The van der Waals surface area contributed by atoms with Crippen LogP contribution in [0.4, 0.5) is 0 Å². The van der Waals surface area contributed by atoms with Crippen molar-refractivity contribution in [2.75, 3.05) is 0 Å². The highest BCUT2D eigenvalue weighted by Crippen LogP contribution is 2.34. The van der Waals surface area contributed by atoms with Gasteiger partial charge in [-0.25, -0.2) is 0 Å². The number of phenolic OH excluding ortho intramolecular Hbond substituents is 1. The smallest absolute Gasteiger partial charge is 0.235 e. The normalized spacial score (nSPS) is 11.1. The number of hydrogen-bond donors (Lipinski definition) is 1. The molecule has 2 aromatic heterocycles. The summed E-state index contributed by atoms with van der Waals surface area (Å²) in [6.07, 6.45) is 0. The lowest BCUT2D eigenvalue weighted by molar-refractivity contribution is 0.476. The number of para-hydroxylation sites is 1. The number of phenols is 1. The average Bonchev–Trinajstić information content (AvgIpc) is 3.09. The van der Waals surface area contributed by atoms with Crippen LogP contribution < -0.4 is 0 Å². The molecule has 0 aliphatic heterocycles. The van der Waals surface area contributed by atoms with Crippen LogP contribution in [0.1, 0.15) is 0 Å². The van der Waals surface area contributed by atoms with Gasteiger partial charge >= 0.3 is 0 Å². The molecule has 7 heteroatoms. The van der Waals surface area contributed by atoms with Gasteiger partial charge in [0, 0.05) is 10.0 Å². The minimum Gasteiger partial charge on any atom is -0.507 e. The molecule has 4 aromatic rings. The Balaban J connectivity index is 1.91. The molecule has 0 radical (unpaired) electrons. The van der Waals surface area contributed by atoms with Crippen molar-refractivity contribution in [3.05, 3.63) is 53.0 Å². The maximum Gasteiger partial charge on any atom is 0.235 e. The molecule has 4 rings (SSSR count). The Bertz CT molecular complexity index is 979. The van der Waals surface area contributed by atoms with Gasteiger partial charge in [-0.15, -0.1) is 10.2 Å². The number of rotatable bonds is 2. The Kier molecular flexibility index (Phi) is 3.16. The SMILES string of the molecule is Oc1ccccc1-c1nnc2sc(-c3ccccc3Br)nn12. The van der Waals surface area contributed by atoms with Crippen LogP contribution in [-0.4, -0.2) is 24.9 Å². The molecule has 0 aliphatic carbocycles. The quantitative estimate of drug-likeness (QED) is 0.577. The maximum absolute atomic E-state index is 10.00. The summed E-state index contributed by atoms with van der Waals surface area (Å²) in [5, 5.41) is 23.7. The van der Waals surface area contributed by atoms with Crippen LogP contribution in [0.2, 0.25) is 0 Å². The first-order valence-corrected chi connectivity index (χ1v) is 8.10. The largest absolute Gasteiger partial charge is 0.507 e. The number of benzene rings is 2. The van der Waals surface area contributed by atoms with E-state index in [2.05, 4.69) is 31.2 Å². The molecule has 0 fully saturated rings. The fourth-order valence-corrected chi connectivity index (χ4v) is 3.67. The number of fused-ring (bicyclic) bond motifs is 1. The number of hydrogen-bond acceptors (Lipinski definition) is 5. The Morgan fingerprint density at radius 3 is 2.45 bits per heavy atom. The van der Waals surface area contributed by atoms with Crippen molar-refractivity contribution in [2.24, 2.45) is 0 Å². The summed E-state index contributed by atoms with van der Waals surface area (Å²) in [4.78, 5) is 0.684. The van der Waals surface area contributed by atoms with Crippen LogP contribution in [0, 0.1) is 0 Å². The van der Waals surface area contributed by atoms with E-state index in [1.807, 2.05) is 30.3 Å². The second-order valence-electron chi connectivity index (χ2n) is 4.62. The standard InChI is InChI=1S/C15H9BrN4OS/c16-11-7-3-1-5-9(11)14-19-20-13(17-18-15(20)22-14)10-6-2-4-8-12(10)21/h1-8,21H. The molecule has 0 aliphatic rings. The van der Waals surface area contributed by atoms with Crippen molar-refractivity contribution in [1.29, 1.82) is 0 Å². The van der Waals surface area contributed by atoms with Gasteiger partial charge in [-0.1, -0.05) is 57.6 Å². The van der Waals surface area contributed by atoms with Crippen LogP contribution in [0.5, 0.6) is 5.75 Å². The Labute approximate surface area is 138 Å². The van der Waals surface area contributed by atoms with E-state index in [4.69, 9.17) is 0 Å². The summed E-state index contributed by atoms with van der Waals surface area (Å²) in [6.45, 7) is 0. The number of aromatic hydroxyl groups is 1. The molecule has 22 heavy (non-hydrogen) atoms. The van der Waals surface area contributed by atoms with E-state index in [1.54, 1.807) is 22.7 Å². The van der Waals surface area contributed by atoms with Crippen molar-refractivity contribution >= 4 is 32.2 Å². The molecule has 0 amide bonds. The van der Waals surface area contributed by atoms with Gasteiger partial charge in [0.15, 0.2) is 5.82 Å². The Morgan fingerprint density at radius 2 is 1.68 bits per heavy atom. The van der Waals surface area contributed by atoms with Crippen LogP contribution in [0.3, 0.4) is 0 Å². The summed E-state index contributed by atoms with van der Waals surface area (Å²) in [5.41, 5.74) is 1.61. The average molecular weight is 373 g/mol. The first kappa shape index (κ1) is 13.4. The summed E-state index contributed by atoms with van der Waals surface area (Å²) >= 11 is 4.99. The van der Waals surface area contributed by atoms with Crippen molar-refractivity contribution in [2.45, 2.75) is 0 Å². The second-order valence-corrected chi connectivity index (χ2v) is 6.43. The lowest BCUT2D eigenvalue weighted by Crippen LogP contribution is -1.91. The highest BCUT2D eigenvalue weighted by atomic mass is 79.9. The lowest BCUT2D eigenvalue weighted by atomic mass is 10.2. The molecule has 0 atom stereocenters. The van der Waals surface area contributed by atoms with Crippen LogP contribution >= 0.6 is 27.3 Å². The monoisotopic (exact) mass is 372 g/mol. The Hall–Kier alpha value is -2.25. The fourth-order valence-electron chi connectivity index (χ4n) is 2.19. The molecule has 0 bridgehead atoms. The summed E-state index contributed by atoms with van der Waals surface area (Å²) in [6, 6.07) is 14.9. The third-order valence-corrected chi connectivity index (χ3v) is 4.86. The number of halogens is 1. The van der Waals surface area contributed by atoms with Gasteiger partial charge in [0.2, 0.25) is 4.96 Å². The molecule has 0 saturated carbocycles. The topological polar surface area (TPSA) is 63.3 Å². The van der Waals surface area contributed by atoms with Gasteiger partial charge in [0.1, 0.15) is 10.8 Å². The lowest BCUT2D eigenvalue weighted by Gasteiger charge is -2.00. The van der Waals surface area contributed by atoms with E-state index >= 15 is 0 Å². The van der Waals surface area contributed by atoms with Crippen molar-refractivity contribution in [1.82, 2.24) is 19.8 Å². The van der Waals surface area contributed by atoms with Gasteiger partial charge in [-0.3, -0.25) is 0 Å². The highest BCUT2D eigenvalue weighted by molar-refractivity contribution is 9.10. The maximum atomic E-state index is 10.00. The Morgan fingerprint density at radius 1 is 0.955 bits per heavy atom. The predicted molar refractivity (Wildman–Crippen MR) is 88.9 cm³/mol. The molecule has 108 valence electrons. The third kappa shape index (κ3) is 2.10. The van der Waals surface area contributed by atoms with E-state index in [-0.39, 0.29) is 5.75 Å². The third-order valence-electron chi connectivity index (χ3n) is 3.24. The van der Waals surface area contributed by atoms with Crippen LogP contribution in [0.25, 0.3) is 26.9 Å². The molecule has 2 aromatic carbocycles. The summed E-state index contributed by atoms with van der Waals surface area (Å²) in [5.74, 6) is 0.690. The van der Waals surface area contributed by atoms with Gasteiger partial charge in [0.05, 0.1) is 5.56 Å². The minimum absolute atomic E-state index is 0.159. The zero-order valence-corrected chi connectivity index (χ0v) is 13.5. The van der Waals surface area contributed by atoms with E-state index in [9.17, 15) is 5.11 Å². The van der Waals surface area contributed by atoms with E-state index in [0.717, 1.165) is 15.0 Å². The van der Waals surface area contributed by atoms with Gasteiger partial charge in [0.25, 0.3) is 0 Å². The fraction of sp³-hybridized carbons (Fsp3) is 0. The zero-order chi connectivity index (χ0) is 15.1. The van der Waals surface area contributed by atoms with E-state index in [0.29, 0.717) is 16.3 Å². The molecule has 0 spiro atoms. The first-order chi connectivity index (χ1) is 10.7. The minimum atomic E-state index is 0.159. The molecular weight excluding hydrogens is 364 g/mol. The predicted octanol–water partition coefficient (Wildman–Crippen LogP) is 3.99. The highest BCUT2D eigenvalue weighted by Gasteiger charge is 2.17. The van der Waals surface area contributed by atoms with Gasteiger partial charge < -0.3 is 5.11 Å². The second kappa shape index (κ2) is 5.19. The first-order valence-electron chi connectivity index (χ1n) is 6.49. The molecule has 5 nitrogen and oxygen atoms in total. The van der Waals surface area contributed by atoms with E-state index in [1.165, 1.54) is 11.3 Å². The number of nitrogens with zero attached hydrogens (tertiary/aromatic N) is 4. The van der Waals surface area contributed by atoms with Crippen molar-refractivity contribution in [3.8, 4) is 27.7 Å². The van der Waals surface area contributed by atoms with Crippen molar-refractivity contribution in [3.63, 3.8) is 0 Å². The van der Waals surface area contributed by atoms with Gasteiger partial charge in [-0.2, -0.15) is 9.61 Å². The van der Waals surface area contributed by atoms with Crippen molar-refractivity contribution < 1.29 is 5.11 Å². The van der Waals surface area contributed by atoms with Crippen LogP contribution in [0.15, 0.2) is 53.0 Å².